The quantitative estimate of drug-likeness (QED) is 0.696. The van der Waals surface area contributed by atoms with Crippen molar-refractivity contribution in [2.45, 2.75) is 63.7 Å². The Hall–Kier alpha value is -1.04. The Labute approximate surface area is 124 Å². The third kappa shape index (κ3) is 5.15. The van der Waals surface area contributed by atoms with E-state index >= 15 is 0 Å². The fourth-order valence-corrected chi connectivity index (χ4v) is 3.42. The summed E-state index contributed by atoms with van der Waals surface area (Å²) in [5.74, 6) is -1.09. The van der Waals surface area contributed by atoms with Gasteiger partial charge in [0.15, 0.2) is 5.12 Å². The molecule has 1 aliphatic heterocycles. The Morgan fingerprint density at radius 2 is 2.10 bits per heavy atom. The predicted molar refractivity (Wildman–Crippen MR) is 78.6 cm³/mol. The molecule has 1 amide bonds. The molecule has 1 aliphatic rings. The fraction of sp³-hybridized carbons (Fsp3) is 0.786. The summed E-state index contributed by atoms with van der Waals surface area (Å²) in [4.78, 5) is 35.8. The van der Waals surface area contributed by atoms with E-state index in [1.54, 1.807) is 0 Å². The van der Waals surface area contributed by atoms with Gasteiger partial charge in [-0.25, -0.2) is 4.79 Å². The molecule has 1 heterocycles. The first kappa shape index (κ1) is 17.0. The van der Waals surface area contributed by atoms with Crippen molar-refractivity contribution in [1.29, 1.82) is 0 Å². The lowest BCUT2D eigenvalue weighted by atomic mass is 10.1. The standard InChI is InChI=1S/C14H23NO4S/c1-3-4-5-6-7-12(14(18)19)15-9-11(8-13(15)17)20-10(2)16/h11-12H,3-9H2,1-2H3,(H,18,19). The van der Waals surface area contributed by atoms with Crippen LogP contribution in [0.3, 0.4) is 0 Å². The summed E-state index contributed by atoms with van der Waals surface area (Å²) in [6, 6.07) is -0.739. The monoisotopic (exact) mass is 301 g/mol. The SMILES string of the molecule is CCCCCCC(C(=O)O)N1CC(SC(C)=O)CC1=O. The molecule has 1 saturated heterocycles. The highest BCUT2D eigenvalue weighted by atomic mass is 32.2. The molecule has 0 saturated carbocycles. The Morgan fingerprint density at radius 1 is 1.40 bits per heavy atom. The second-order valence-corrected chi connectivity index (χ2v) is 6.66. The summed E-state index contributed by atoms with van der Waals surface area (Å²) in [5.41, 5.74) is 0. The minimum atomic E-state index is -0.941. The van der Waals surface area contributed by atoms with Gasteiger partial charge in [0.25, 0.3) is 0 Å². The first-order chi connectivity index (χ1) is 9.45. The molecule has 0 aromatic rings. The third-order valence-corrected chi connectivity index (χ3v) is 4.43. The molecular weight excluding hydrogens is 278 g/mol. The van der Waals surface area contributed by atoms with Crippen LogP contribution in [-0.2, 0) is 14.4 Å². The molecule has 2 unspecified atom stereocenters. The van der Waals surface area contributed by atoms with Crippen molar-refractivity contribution in [3.05, 3.63) is 0 Å². The first-order valence-electron chi connectivity index (χ1n) is 7.15. The molecule has 1 fully saturated rings. The lowest BCUT2D eigenvalue weighted by Crippen LogP contribution is -2.42. The zero-order valence-corrected chi connectivity index (χ0v) is 12.9. The number of carboxylic acid groups (broad SMARTS) is 1. The molecular formula is C14H23NO4S. The van der Waals surface area contributed by atoms with Gasteiger partial charge < -0.3 is 10.0 Å². The lowest BCUT2D eigenvalue weighted by Gasteiger charge is -2.24. The van der Waals surface area contributed by atoms with Crippen molar-refractivity contribution in [3.8, 4) is 0 Å². The number of nitrogens with zero attached hydrogens (tertiary/aromatic N) is 1. The van der Waals surface area contributed by atoms with E-state index in [9.17, 15) is 19.5 Å². The van der Waals surface area contributed by atoms with E-state index in [0.29, 0.717) is 13.0 Å². The molecule has 0 bridgehead atoms. The van der Waals surface area contributed by atoms with E-state index < -0.39 is 12.0 Å². The van der Waals surface area contributed by atoms with Crippen LogP contribution in [0, 0.1) is 0 Å². The number of hydrogen-bond acceptors (Lipinski definition) is 4. The van der Waals surface area contributed by atoms with Crippen LogP contribution in [0.25, 0.3) is 0 Å². The Bertz CT molecular complexity index is 372. The van der Waals surface area contributed by atoms with Crippen LogP contribution in [0.4, 0.5) is 0 Å². The Balaban J connectivity index is 2.56. The van der Waals surface area contributed by atoms with Gasteiger partial charge in [0, 0.05) is 25.1 Å². The van der Waals surface area contributed by atoms with E-state index in [4.69, 9.17) is 0 Å². The summed E-state index contributed by atoms with van der Waals surface area (Å²) in [6.45, 7) is 3.94. The van der Waals surface area contributed by atoms with Crippen molar-refractivity contribution in [2.24, 2.45) is 0 Å². The van der Waals surface area contributed by atoms with Gasteiger partial charge in [0.2, 0.25) is 5.91 Å². The number of carbonyl (C=O) groups is 3. The summed E-state index contributed by atoms with van der Waals surface area (Å²) >= 11 is 1.14. The number of likely N-dealkylation sites (tertiary alicyclic amines) is 1. The normalized spacial score (nSPS) is 20.2. The lowest BCUT2D eigenvalue weighted by molar-refractivity contribution is -0.148. The predicted octanol–water partition coefficient (Wildman–Crippen LogP) is 2.29. The zero-order chi connectivity index (χ0) is 15.1. The van der Waals surface area contributed by atoms with Crippen molar-refractivity contribution in [1.82, 2.24) is 4.90 Å². The number of carbonyl (C=O) groups excluding carboxylic acids is 2. The van der Waals surface area contributed by atoms with Gasteiger partial charge in [0.1, 0.15) is 6.04 Å². The van der Waals surface area contributed by atoms with Crippen LogP contribution < -0.4 is 0 Å². The second-order valence-electron chi connectivity index (χ2n) is 5.19. The summed E-state index contributed by atoms with van der Waals surface area (Å²) in [6.07, 6.45) is 4.76. The van der Waals surface area contributed by atoms with Gasteiger partial charge in [-0.15, -0.1) is 0 Å². The maximum atomic E-state index is 11.9. The van der Waals surface area contributed by atoms with E-state index in [0.717, 1.165) is 37.4 Å². The number of thioether (sulfide) groups is 1. The largest absolute Gasteiger partial charge is 0.480 e. The van der Waals surface area contributed by atoms with Crippen LogP contribution in [0.2, 0.25) is 0 Å². The molecule has 0 radical (unpaired) electrons. The fourth-order valence-electron chi connectivity index (χ4n) is 2.49. The van der Waals surface area contributed by atoms with Gasteiger partial charge >= 0.3 is 5.97 Å². The molecule has 114 valence electrons. The summed E-state index contributed by atoms with van der Waals surface area (Å²) < 4.78 is 0. The minimum Gasteiger partial charge on any atom is -0.480 e. The van der Waals surface area contributed by atoms with Gasteiger partial charge in [-0.3, -0.25) is 9.59 Å². The molecule has 2 atom stereocenters. The maximum absolute atomic E-state index is 11.9. The molecule has 6 heteroatoms. The molecule has 5 nitrogen and oxygen atoms in total. The van der Waals surface area contributed by atoms with Gasteiger partial charge in [-0.05, 0) is 6.42 Å². The van der Waals surface area contributed by atoms with Gasteiger partial charge in [-0.2, -0.15) is 0 Å². The second kappa shape index (κ2) is 8.29. The molecule has 1 N–H and O–H groups in total. The third-order valence-electron chi connectivity index (χ3n) is 3.45. The summed E-state index contributed by atoms with van der Waals surface area (Å²) in [7, 11) is 0. The van der Waals surface area contributed by atoms with Crippen molar-refractivity contribution in [3.63, 3.8) is 0 Å². The van der Waals surface area contributed by atoms with Gasteiger partial charge in [-0.1, -0.05) is 44.4 Å². The molecule has 0 aromatic carbocycles. The maximum Gasteiger partial charge on any atom is 0.326 e. The van der Waals surface area contributed by atoms with Crippen molar-refractivity contribution < 1.29 is 19.5 Å². The number of rotatable bonds is 8. The number of hydrogen-bond donors (Lipinski definition) is 1. The number of unbranched alkanes of at least 4 members (excludes halogenated alkanes) is 3. The highest BCUT2D eigenvalue weighted by molar-refractivity contribution is 8.14. The number of carboxylic acids is 1. The Morgan fingerprint density at radius 3 is 2.65 bits per heavy atom. The van der Waals surface area contributed by atoms with E-state index in [-0.39, 0.29) is 22.7 Å². The van der Waals surface area contributed by atoms with E-state index in [1.165, 1.54) is 11.8 Å². The van der Waals surface area contributed by atoms with Crippen LogP contribution in [0.15, 0.2) is 0 Å². The van der Waals surface area contributed by atoms with Crippen LogP contribution in [0.5, 0.6) is 0 Å². The molecule has 20 heavy (non-hydrogen) atoms. The van der Waals surface area contributed by atoms with Crippen LogP contribution in [0.1, 0.15) is 52.4 Å². The van der Waals surface area contributed by atoms with E-state index in [2.05, 4.69) is 6.92 Å². The van der Waals surface area contributed by atoms with Crippen molar-refractivity contribution in [2.75, 3.05) is 6.54 Å². The molecule has 0 aromatic heterocycles. The van der Waals surface area contributed by atoms with Crippen LogP contribution in [-0.4, -0.2) is 44.8 Å². The molecule has 0 spiro atoms. The first-order valence-corrected chi connectivity index (χ1v) is 8.03. The highest BCUT2D eigenvalue weighted by Crippen LogP contribution is 2.27. The van der Waals surface area contributed by atoms with Gasteiger partial charge in [0.05, 0.1) is 0 Å². The molecule has 0 aliphatic carbocycles. The van der Waals surface area contributed by atoms with Crippen LogP contribution >= 0.6 is 11.8 Å². The Kier molecular flexibility index (Phi) is 7.05. The summed E-state index contributed by atoms with van der Waals surface area (Å²) in [5, 5.41) is 9.18. The highest BCUT2D eigenvalue weighted by Gasteiger charge is 2.37. The average molecular weight is 301 g/mol. The topological polar surface area (TPSA) is 74.7 Å². The average Bonchev–Trinajstić information content (AvgIpc) is 2.68. The molecule has 1 rings (SSSR count). The number of amides is 1. The minimum absolute atomic E-state index is 0.0283. The number of aliphatic carboxylic acids is 1. The van der Waals surface area contributed by atoms with Crippen molar-refractivity contribution >= 4 is 28.8 Å². The van der Waals surface area contributed by atoms with E-state index in [1.807, 2.05) is 0 Å². The zero-order valence-electron chi connectivity index (χ0n) is 12.1. The smallest absolute Gasteiger partial charge is 0.326 e.